The van der Waals surface area contributed by atoms with Crippen molar-refractivity contribution in [3.63, 3.8) is 0 Å². The molecule has 0 N–H and O–H groups in total. The van der Waals surface area contributed by atoms with Gasteiger partial charge in [-0.15, -0.1) is 0 Å². The van der Waals surface area contributed by atoms with Crippen molar-refractivity contribution in [2.75, 3.05) is 6.66 Å². The lowest BCUT2D eigenvalue weighted by Gasteiger charge is -2.37. The minimum Gasteiger partial charge on any atom is -0.0871 e. The molecule has 0 aromatic carbocycles. The molecule has 0 saturated heterocycles. The molecule has 0 aliphatic heterocycles. The molecule has 0 unspecified atom stereocenters. The van der Waals surface area contributed by atoms with Crippen LogP contribution in [-0.2, 0) is 0 Å². The highest BCUT2D eigenvalue weighted by Crippen LogP contribution is 2.79. The Morgan fingerprint density at radius 2 is 0.680 bits per heavy atom. The first kappa shape index (κ1) is 25.8. The predicted octanol–water partition coefficient (Wildman–Crippen LogP) is 9.20. The van der Waals surface area contributed by atoms with E-state index in [2.05, 4.69) is 83.1 Å². The third kappa shape index (κ3) is 5.42. The lowest BCUT2D eigenvalue weighted by atomic mass is 10.5. The van der Waals surface area contributed by atoms with Crippen molar-refractivity contribution in [1.82, 2.24) is 0 Å². The predicted molar refractivity (Wildman–Crippen MR) is 123 cm³/mol. The van der Waals surface area contributed by atoms with Crippen LogP contribution in [0.25, 0.3) is 0 Å². The molecule has 6 heteroatoms. The summed E-state index contributed by atoms with van der Waals surface area (Å²) >= 11 is 0. The SMILES string of the molecule is CC(C)P(=N[P+](C)(F)N=P(C(C)C)(C(C)C)C(C)C)(C(C)C)C(C)C. The van der Waals surface area contributed by atoms with Gasteiger partial charge in [0.15, 0.2) is 0 Å². The van der Waals surface area contributed by atoms with Crippen molar-refractivity contribution in [3.8, 4) is 0 Å². The molecule has 0 heterocycles. The van der Waals surface area contributed by atoms with Gasteiger partial charge in [-0.3, -0.25) is 0 Å². The molecule has 0 atom stereocenters. The maximum atomic E-state index is 16.1. The first-order valence-corrected chi connectivity index (χ1v) is 15.8. The Morgan fingerprint density at radius 3 is 0.800 bits per heavy atom. The summed E-state index contributed by atoms with van der Waals surface area (Å²) in [5.41, 5.74) is 2.43. The Morgan fingerprint density at radius 1 is 0.520 bits per heavy atom. The first-order chi connectivity index (χ1) is 11.1. The summed E-state index contributed by atoms with van der Waals surface area (Å²) in [5.74, 6) is 0. The smallest absolute Gasteiger partial charge is 0.0871 e. The highest BCUT2D eigenvalue weighted by atomic mass is 31.3. The second-order valence-corrected chi connectivity index (χ2v) is 21.6. The van der Waals surface area contributed by atoms with Gasteiger partial charge in [-0.1, -0.05) is 92.1 Å². The Bertz CT molecular complexity index is 430. The Labute approximate surface area is 159 Å². The molecule has 152 valence electrons. The largest absolute Gasteiger partial charge is 0.429 e. The molecule has 0 aliphatic carbocycles. The molecule has 0 saturated carbocycles. The minimum atomic E-state index is -3.16. The molecule has 0 spiro atoms. The zero-order chi connectivity index (χ0) is 20.4. The van der Waals surface area contributed by atoms with Crippen molar-refractivity contribution in [2.45, 2.75) is 117 Å². The summed E-state index contributed by atoms with van der Waals surface area (Å²) < 4.78 is 26.2. The summed E-state index contributed by atoms with van der Waals surface area (Å²) in [6.45, 7) is 28.5. The molecule has 0 aromatic heterocycles. The molecule has 0 radical (unpaired) electrons. The van der Waals surface area contributed by atoms with Crippen LogP contribution in [0.1, 0.15) is 83.1 Å². The van der Waals surface area contributed by atoms with Gasteiger partial charge in [-0.2, -0.15) is 0 Å². The van der Waals surface area contributed by atoms with E-state index in [1.165, 1.54) is 0 Å². The minimum absolute atomic E-state index is 0.405. The van der Waals surface area contributed by atoms with E-state index in [0.717, 1.165) is 0 Å². The van der Waals surface area contributed by atoms with E-state index in [1.807, 2.05) is 0 Å². The quantitative estimate of drug-likeness (QED) is 0.354. The fraction of sp³-hybridized carbons (Fsp3) is 1.00. The number of halogens is 1. The van der Waals surface area contributed by atoms with E-state index in [4.69, 9.17) is 9.03 Å². The molecule has 25 heavy (non-hydrogen) atoms. The van der Waals surface area contributed by atoms with Crippen LogP contribution in [0.3, 0.4) is 0 Å². The summed E-state index contributed by atoms with van der Waals surface area (Å²) in [6.07, 6.45) is 0. The summed E-state index contributed by atoms with van der Waals surface area (Å²) in [7, 11) is -6.73. The average Bonchev–Trinajstić information content (AvgIpc) is 2.39. The maximum Gasteiger partial charge on any atom is 0.429 e. The number of hydrogen-bond donors (Lipinski definition) is 0. The molecule has 0 aliphatic rings. The second-order valence-electron chi connectivity index (χ2n) is 9.14. The zero-order valence-corrected chi connectivity index (χ0v) is 21.8. The second kappa shape index (κ2) is 9.34. The Balaban J connectivity index is 6.82. The van der Waals surface area contributed by atoms with Crippen LogP contribution in [0, 0.1) is 0 Å². The topological polar surface area (TPSA) is 24.7 Å². The maximum absolute atomic E-state index is 16.1. The van der Waals surface area contributed by atoms with E-state index in [1.54, 1.807) is 6.66 Å². The van der Waals surface area contributed by atoms with Crippen molar-refractivity contribution >= 4 is 22.0 Å². The molecule has 0 amide bonds. The van der Waals surface area contributed by atoms with Crippen LogP contribution < -0.4 is 0 Å². The molecule has 0 fully saturated rings. The van der Waals surface area contributed by atoms with Crippen molar-refractivity contribution < 1.29 is 4.20 Å². The Hall–Kier alpha value is 0.820. The number of rotatable bonds is 8. The Kier molecular flexibility index (Phi) is 9.65. The standard InChI is InChI=1S/C19H45FN2P3/c1-14(2)24(15(3)4,16(5)6)21-23(13,20)22-25(17(7)8,18(9)10)19(11)12/h14-19H,1-13H3/q+1. The van der Waals surface area contributed by atoms with Crippen LogP contribution >= 0.6 is 22.0 Å². The number of hydrogen-bond acceptors (Lipinski definition) is 2. The fourth-order valence-corrected chi connectivity index (χ4v) is 21.9. The van der Waals surface area contributed by atoms with Crippen LogP contribution in [0.2, 0.25) is 0 Å². The normalized spacial score (nSPS) is 14.6. The van der Waals surface area contributed by atoms with Crippen molar-refractivity contribution in [2.24, 2.45) is 9.03 Å². The van der Waals surface area contributed by atoms with Crippen LogP contribution in [-0.4, -0.2) is 40.6 Å². The van der Waals surface area contributed by atoms with E-state index < -0.39 is 22.0 Å². The van der Waals surface area contributed by atoms with Gasteiger partial charge in [0.1, 0.15) is 6.66 Å². The molecule has 0 bridgehead atoms. The van der Waals surface area contributed by atoms with E-state index in [0.29, 0.717) is 34.0 Å². The summed E-state index contributed by atoms with van der Waals surface area (Å²) in [6, 6.07) is 0. The van der Waals surface area contributed by atoms with Gasteiger partial charge in [-0.05, 0) is 38.2 Å². The van der Waals surface area contributed by atoms with Gasteiger partial charge >= 0.3 is 7.87 Å². The van der Waals surface area contributed by atoms with Crippen molar-refractivity contribution in [1.29, 1.82) is 0 Å². The molecule has 0 rings (SSSR count). The number of nitrogens with zero attached hydrogens (tertiary/aromatic N) is 2. The van der Waals surface area contributed by atoms with Crippen molar-refractivity contribution in [3.05, 3.63) is 0 Å². The van der Waals surface area contributed by atoms with Gasteiger partial charge in [-0.25, -0.2) is 0 Å². The molecule has 2 nitrogen and oxygen atoms in total. The monoisotopic (exact) mass is 413 g/mol. The summed E-state index contributed by atoms with van der Waals surface area (Å²) in [5, 5.41) is 0. The van der Waals surface area contributed by atoms with Crippen LogP contribution in [0.4, 0.5) is 4.20 Å². The highest BCUT2D eigenvalue weighted by molar-refractivity contribution is 7.83. The van der Waals surface area contributed by atoms with Crippen LogP contribution in [0.5, 0.6) is 0 Å². The van der Waals surface area contributed by atoms with Crippen LogP contribution in [0.15, 0.2) is 9.03 Å². The fourth-order valence-electron chi connectivity index (χ4n) is 4.78. The molecule has 0 aromatic rings. The lowest BCUT2D eigenvalue weighted by Crippen LogP contribution is -2.18. The van der Waals surface area contributed by atoms with Gasteiger partial charge in [0.05, 0.1) is 0 Å². The zero-order valence-electron chi connectivity index (χ0n) is 19.1. The third-order valence-corrected chi connectivity index (χ3v) is 20.6. The molecular formula is C19H45FN2P3+. The van der Waals surface area contributed by atoms with E-state index >= 15 is 4.20 Å². The van der Waals surface area contributed by atoms with E-state index in [9.17, 15) is 0 Å². The highest BCUT2D eigenvalue weighted by Gasteiger charge is 2.46. The van der Waals surface area contributed by atoms with E-state index in [-0.39, 0.29) is 0 Å². The van der Waals surface area contributed by atoms with Gasteiger partial charge in [0, 0.05) is 14.1 Å². The first-order valence-electron chi connectivity index (χ1n) is 9.89. The molecular weight excluding hydrogens is 368 g/mol. The van der Waals surface area contributed by atoms with Gasteiger partial charge in [0.2, 0.25) is 0 Å². The average molecular weight is 414 g/mol. The third-order valence-electron chi connectivity index (χ3n) is 5.60. The lowest BCUT2D eigenvalue weighted by molar-refractivity contribution is 0.855. The van der Waals surface area contributed by atoms with Gasteiger partial charge < -0.3 is 0 Å². The summed E-state index contributed by atoms with van der Waals surface area (Å²) in [4.78, 5) is 0. The van der Waals surface area contributed by atoms with Gasteiger partial charge in [0.25, 0.3) is 0 Å².